The van der Waals surface area contributed by atoms with Crippen molar-refractivity contribution in [3.05, 3.63) is 61.2 Å². The second-order valence-electron chi connectivity index (χ2n) is 4.26. The molecular weight excluding hydrogens is 250 g/mol. The molecule has 0 aliphatic heterocycles. The topological polar surface area (TPSA) is 47.9 Å². The predicted molar refractivity (Wildman–Crippen MR) is 77.3 cm³/mol. The number of benzene rings is 1. The van der Waals surface area contributed by atoms with Gasteiger partial charge in [-0.2, -0.15) is 0 Å². The minimum atomic E-state index is 0.809. The Labute approximate surface area is 117 Å². The Hall–Kier alpha value is -2.75. The molecule has 0 spiro atoms. The van der Waals surface area contributed by atoms with E-state index >= 15 is 0 Å². The van der Waals surface area contributed by atoms with Gasteiger partial charge in [0.25, 0.3) is 0 Å². The molecule has 20 heavy (non-hydrogen) atoms. The number of hydrogen-bond donors (Lipinski definition) is 0. The summed E-state index contributed by atoms with van der Waals surface area (Å²) in [5, 5.41) is 0. The monoisotopic (exact) mass is 263 g/mol. The van der Waals surface area contributed by atoms with E-state index in [1.165, 1.54) is 0 Å². The number of ether oxygens (including phenoxy) is 1. The van der Waals surface area contributed by atoms with Crippen molar-refractivity contribution < 1.29 is 4.74 Å². The molecule has 3 rings (SSSR count). The van der Waals surface area contributed by atoms with Gasteiger partial charge in [-0.05, 0) is 30.3 Å². The molecule has 4 heteroatoms. The molecule has 0 N–H and O–H groups in total. The van der Waals surface area contributed by atoms with Crippen molar-refractivity contribution in [3.63, 3.8) is 0 Å². The third-order valence-electron chi connectivity index (χ3n) is 2.99. The fourth-order valence-electron chi connectivity index (χ4n) is 1.97. The number of rotatable bonds is 3. The molecule has 0 amide bonds. The first-order valence-electron chi connectivity index (χ1n) is 6.24. The summed E-state index contributed by atoms with van der Waals surface area (Å²) in [6, 6.07) is 13.6. The summed E-state index contributed by atoms with van der Waals surface area (Å²) in [4.78, 5) is 12.7. The molecule has 0 radical (unpaired) electrons. The highest BCUT2D eigenvalue weighted by Gasteiger charge is 2.05. The fourth-order valence-corrected chi connectivity index (χ4v) is 1.97. The molecule has 0 unspecified atom stereocenters. The number of pyridine rings is 1. The van der Waals surface area contributed by atoms with Crippen molar-refractivity contribution in [2.75, 3.05) is 7.11 Å². The third-order valence-corrected chi connectivity index (χ3v) is 2.99. The van der Waals surface area contributed by atoms with Crippen molar-refractivity contribution in [1.29, 1.82) is 0 Å². The van der Waals surface area contributed by atoms with E-state index in [0.717, 1.165) is 28.3 Å². The van der Waals surface area contributed by atoms with Gasteiger partial charge in [-0.25, -0.2) is 9.97 Å². The average molecular weight is 263 g/mol. The maximum Gasteiger partial charge on any atom is 0.119 e. The van der Waals surface area contributed by atoms with Gasteiger partial charge in [0.15, 0.2) is 0 Å². The van der Waals surface area contributed by atoms with Gasteiger partial charge in [0.1, 0.15) is 12.1 Å². The highest BCUT2D eigenvalue weighted by molar-refractivity contribution is 5.67. The maximum absolute atomic E-state index is 5.24. The Morgan fingerprint density at radius 2 is 1.70 bits per heavy atom. The molecule has 0 bridgehead atoms. The largest absolute Gasteiger partial charge is 0.497 e. The minimum Gasteiger partial charge on any atom is -0.497 e. The highest BCUT2D eigenvalue weighted by atomic mass is 16.5. The molecule has 0 atom stereocenters. The zero-order valence-corrected chi connectivity index (χ0v) is 11.0. The van der Waals surface area contributed by atoms with E-state index in [2.05, 4.69) is 15.0 Å². The number of methoxy groups -OCH3 is 1. The van der Waals surface area contributed by atoms with Crippen LogP contribution in [-0.4, -0.2) is 22.1 Å². The molecule has 0 fully saturated rings. The first kappa shape index (κ1) is 12.3. The number of hydrogen-bond acceptors (Lipinski definition) is 4. The smallest absolute Gasteiger partial charge is 0.119 e. The van der Waals surface area contributed by atoms with Crippen LogP contribution in [0.5, 0.6) is 5.75 Å². The summed E-state index contributed by atoms with van der Waals surface area (Å²) in [5.74, 6) is 0.809. The van der Waals surface area contributed by atoms with E-state index in [-0.39, 0.29) is 0 Å². The zero-order valence-electron chi connectivity index (χ0n) is 11.0. The molecule has 0 saturated heterocycles. The summed E-state index contributed by atoms with van der Waals surface area (Å²) in [6.07, 6.45) is 5.10. The van der Waals surface area contributed by atoms with Crippen LogP contribution in [0.25, 0.3) is 22.5 Å². The van der Waals surface area contributed by atoms with Gasteiger partial charge in [0, 0.05) is 23.5 Å². The van der Waals surface area contributed by atoms with Gasteiger partial charge in [0.2, 0.25) is 0 Å². The summed E-state index contributed by atoms with van der Waals surface area (Å²) in [6.45, 7) is 0. The van der Waals surface area contributed by atoms with Crippen molar-refractivity contribution in [2.45, 2.75) is 0 Å². The lowest BCUT2D eigenvalue weighted by Gasteiger charge is -2.05. The van der Waals surface area contributed by atoms with Crippen molar-refractivity contribution in [1.82, 2.24) is 15.0 Å². The van der Waals surface area contributed by atoms with Crippen LogP contribution in [0.2, 0.25) is 0 Å². The van der Waals surface area contributed by atoms with Crippen molar-refractivity contribution in [3.8, 4) is 28.3 Å². The van der Waals surface area contributed by atoms with Gasteiger partial charge in [-0.15, -0.1) is 0 Å². The van der Waals surface area contributed by atoms with Crippen LogP contribution >= 0.6 is 0 Å². The van der Waals surface area contributed by atoms with Crippen LogP contribution in [0.3, 0.4) is 0 Å². The minimum absolute atomic E-state index is 0.809. The second kappa shape index (κ2) is 5.48. The van der Waals surface area contributed by atoms with E-state index < -0.39 is 0 Å². The number of nitrogens with zero attached hydrogens (tertiary/aromatic N) is 3. The summed E-state index contributed by atoms with van der Waals surface area (Å²) in [7, 11) is 1.65. The lowest BCUT2D eigenvalue weighted by molar-refractivity contribution is 0.415. The summed E-state index contributed by atoms with van der Waals surface area (Å²) < 4.78 is 5.24. The standard InChI is InChI=1S/C16H13N3O/c1-20-14-6-2-4-12(8-14)15-9-16(19-11-18-15)13-5-3-7-17-10-13/h2-11H,1H3. The second-order valence-corrected chi connectivity index (χ2v) is 4.26. The average Bonchev–Trinajstić information content (AvgIpc) is 2.56. The Bertz CT molecular complexity index is 714. The molecule has 0 saturated carbocycles. The van der Waals surface area contributed by atoms with Crippen molar-refractivity contribution in [2.24, 2.45) is 0 Å². The third kappa shape index (κ3) is 2.49. The van der Waals surface area contributed by atoms with Crippen LogP contribution in [-0.2, 0) is 0 Å². The van der Waals surface area contributed by atoms with Crippen LogP contribution < -0.4 is 4.74 Å². The Morgan fingerprint density at radius 3 is 2.45 bits per heavy atom. The molecule has 0 aliphatic carbocycles. The van der Waals surface area contributed by atoms with Crippen LogP contribution in [0.1, 0.15) is 0 Å². The SMILES string of the molecule is COc1cccc(-c2cc(-c3cccnc3)ncn2)c1. The van der Waals surface area contributed by atoms with E-state index in [1.54, 1.807) is 25.8 Å². The predicted octanol–water partition coefficient (Wildman–Crippen LogP) is 3.21. The molecule has 0 aliphatic rings. The Balaban J connectivity index is 2.03. The van der Waals surface area contributed by atoms with E-state index in [9.17, 15) is 0 Å². The lowest BCUT2D eigenvalue weighted by Crippen LogP contribution is -1.90. The Morgan fingerprint density at radius 1 is 0.900 bits per heavy atom. The quantitative estimate of drug-likeness (QED) is 0.728. The molecule has 2 aromatic heterocycles. The molecular formula is C16H13N3O. The van der Waals surface area contributed by atoms with Crippen molar-refractivity contribution >= 4 is 0 Å². The van der Waals surface area contributed by atoms with Gasteiger partial charge in [-0.1, -0.05) is 12.1 Å². The molecule has 3 aromatic rings. The highest BCUT2D eigenvalue weighted by Crippen LogP contribution is 2.24. The van der Waals surface area contributed by atoms with Crippen LogP contribution in [0.15, 0.2) is 61.2 Å². The molecule has 2 heterocycles. The van der Waals surface area contributed by atoms with Gasteiger partial charge in [-0.3, -0.25) is 4.98 Å². The fraction of sp³-hybridized carbons (Fsp3) is 0.0625. The molecule has 1 aromatic carbocycles. The maximum atomic E-state index is 5.24. The summed E-state index contributed by atoms with van der Waals surface area (Å²) >= 11 is 0. The first-order chi connectivity index (χ1) is 9.86. The van der Waals surface area contributed by atoms with E-state index in [1.807, 2.05) is 42.5 Å². The zero-order chi connectivity index (χ0) is 13.8. The van der Waals surface area contributed by atoms with Gasteiger partial charge in [0.05, 0.1) is 18.5 Å². The van der Waals surface area contributed by atoms with E-state index in [0.29, 0.717) is 0 Å². The Kier molecular flexibility index (Phi) is 3.37. The molecule has 98 valence electrons. The number of aromatic nitrogens is 3. The van der Waals surface area contributed by atoms with Gasteiger partial charge >= 0.3 is 0 Å². The van der Waals surface area contributed by atoms with Crippen LogP contribution in [0, 0.1) is 0 Å². The summed E-state index contributed by atoms with van der Waals surface area (Å²) in [5.41, 5.74) is 3.68. The van der Waals surface area contributed by atoms with Gasteiger partial charge < -0.3 is 4.74 Å². The van der Waals surface area contributed by atoms with Crippen LogP contribution in [0.4, 0.5) is 0 Å². The molecule has 4 nitrogen and oxygen atoms in total. The normalized spacial score (nSPS) is 10.2. The first-order valence-corrected chi connectivity index (χ1v) is 6.24. The van der Waals surface area contributed by atoms with E-state index in [4.69, 9.17) is 4.74 Å². The lowest BCUT2D eigenvalue weighted by atomic mass is 10.1.